The molecule has 4 nitrogen and oxygen atoms in total. The fourth-order valence-electron chi connectivity index (χ4n) is 2.12. The molecule has 18 heavy (non-hydrogen) atoms. The SMILES string of the molecule is CC(C)COc1nc2c(cc1C(=O)O)CCCC2. The summed E-state index contributed by atoms with van der Waals surface area (Å²) in [6, 6.07) is 1.74. The van der Waals surface area contributed by atoms with E-state index in [0.717, 1.165) is 36.9 Å². The second kappa shape index (κ2) is 5.38. The molecule has 0 saturated carbocycles. The number of aromatic carboxylic acids is 1. The number of hydrogen-bond donors (Lipinski definition) is 1. The molecular weight excluding hydrogens is 230 g/mol. The Labute approximate surface area is 107 Å². The van der Waals surface area contributed by atoms with E-state index in [1.807, 2.05) is 13.8 Å². The summed E-state index contributed by atoms with van der Waals surface area (Å²) in [5, 5.41) is 9.21. The number of fused-ring (bicyclic) bond motifs is 1. The van der Waals surface area contributed by atoms with E-state index < -0.39 is 5.97 Å². The fraction of sp³-hybridized carbons (Fsp3) is 0.571. The van der Waals surface area contributed by atoms with Gasteiger partial charge in [-0.1, -0.05) is 13.8 Å². The number of ether oxygens (including phenoxy) is 1. The van der Waals surface area contributed by atoms with Crippen molar-refractivity contribution >= 4 is 5.97 Å². The lowest BCUT2D eigenvalue weighted by Crippen LogP contribution is -2.14. The molecule has 0 spiro atoms. The van der Waals surface area contributed by atoms with Crippen molar-refractivity contribution < 1.29 is 14.6 Å². The lowest BCUT2D eigenvalue weighted by Gasteiger charge is -2.18. The highest BCUT2D eigenvalue weighted by Crippen LogP contribution is 2.26. The molecule has 0 aliphatic heterocycles. The van der Waals surface area contributed by atoms with Crippen LogP contribution in [0.15, 0.2) is 6.07 Å². The number of nitrogens with zero attached hydrogens (tertiary/aromatic N) is 1. The largest absolute Gasteiger partial charge is 0.477 e. The van der Waals surface area contributed by atoms with Gasteiger partial charge in [0, 0.05) is 5.69 Å². The third-order valence-corrected chi connectivity index (χ3v) is 3.05. The predicted octanol–water partition coefficient (Wildman–Crippen LogP) is 2.69. The maximum Gasteiger partial charge on any atom is 0.341 e. The van der Waals surface area contributed by atoms with Gasteiger partial charge < -0.3 is 9.84 Å². The summed E-state index contributed by atoms with van der Waals surface area (Å²) in [6.07, 6.45) is 4.08. The summed E-state index contributed by atoms with van der Waals surface area (Å²) in [5.74, 6) is -0.337. The summed E-state index contributed by atoms with van der Waals surface area (Å²) >= 11 is 0. The van der Waals surface area contributed by atoms with Crippen LogP contribution in [0, 0.1) is 5.92 Å². The van der Waals surface area contributed by atoms with Crippen LogP contribution in [0.25, 0.3) is 0 Å². The Balaban J connectivity index is 2.33. The number of carboxylic acids is 1. The van der Waals surface area contributed by atoms with Gasteiger partial charge in [0.15, 0.2) is 0 Å². The van der Waals surface area contributed by atoms with Crippen molar-refractivity contribution in [2.75, 3.05) is 6.61 Å². The maximum absolute atomic E-state index is 11.2. The standard InChI is InChI=1S/C14H19NO3/c1-9(2)8-18-13-11(14(16)17)7-10-5-3-4-6-12(10)15-13/h7,9H,3-6,8H2,1-2H3,(H,16,17). The minimum Gasteiger partial charge on any atom is -0.477 e. The topological polar surface area (TPSA) is 59.4 Å². The van der Waals surface area contributed by atoms with Crippen molar-refractivity contribution in [1.82, 2.24) is 4.98 Å². The fourth-order valence-corrected chi connectivity index (χ4v) is 2.12. The number of carboxylic acid groups (broad SMARTS) is 1. The Kier molecular flexibility index (Phi) is 3.84. The molecule has 0 radical (unpaired) electrons. The van der Waals surface area contributed by atoms with Gasteiger partial charge in [-0.3, -0.25) is 0 Å². The van der Waals surface area contributed by atoms with Gasteiger partial charge in [-0.25, -0.2) is 9.78 Å². The van der Waals surface area contributed by atoms with Crippen molar-refractivity contribution in [2.24, 2.45) is 5.92 Å². The van der Waals surface area contributed by atoms with Gasteiger partial charge in [0.05, 0.1) is 6.61 Å². The van der Waals surface area contributed by atoms with E-state index in [9.17, 15) is 9.90 Å². The molecule has 0 unspecified atom stereocenters. The molecule has 1 N–H and O–H groups in total. The van der Waals surface area contributed by atoms with Gasteiger partial charge in [-0.2, -0.15) is 0 Å². The van der Waals surface area contributed by atoms with Gasteiger partial charge in [0.25, 0.3) is 0 Å². The Hall–Kier alpha value is -1.58. The van der Waals surface area contributed by atoms with E-state index in [2.05, 4.69) is 4.98 Å². The second-order valence-electron chi connectivity index (χ2n) is 5.16. The highest BCUT2D eigenvalue weighted by atomic mass is 16.5. The number of rotatable bonds is 4. The van der Waals surface area contributed by atoms with Crippen LogP contribution in [0.1, 0.15) is 48.3 Å². The number of aromatic nitrogens is 1. The minimum atomic E-state index is -0.963. The Bertz CT molecular complexity index is 455. The molecule has 0 bridgehead atoms. The van der Waals surface area contributed by atoms with E-state index in [1.165, 1.54) is 0 Å². The molecule has 1 heterocycles. The summed E-state index contributed by atoms with van der Waals surface area (Å²) in [4.78, 5) is 15.6. The molecule has 0 saturated heterocycles. The molecule has 1 aromatic heterocycles. The first kappa shape index (κ1) is 12.9. The van der Waals surface area contributed by atoms with Crippen molar-refractivity contribution in [2.45, 2.75) is 39.5 Å². The summed E-state index contributed by atoms with van der Waals surface area (Å²) < 4.78 is 5.53. The van der Waals surface area contributed by atoms with E-state index >= 15 is 0 Å². The normalized spacial score (nSPS) is 14.4. The van der Waals surface area contributed by atoms with Crippen LogP contribution in [-0.4, -0.2) is 22.7 Å². The first-order valence-corrected chi connectivity index (χ1v) is 6.47. The average Bonchev–Trinajstić information content (AvgIpc) is 2.35. The summed E-state index contributed by atoms with van der Waals surface area (Å²) in [6.45, 7) is 4.55. The van der Waals surface area contributed by atoms with Crippen LogP contribution >= 0.6 is 0 Å². The van der Waals surface area contributed by atoms with Gasteiger partial charge in [0.2, 0.25) is 5.88 Å². The second-order valence-corrected chi connectivity index (χ2v) is 5.16. The average molecular weight is 249 g/mol. The van der Waals surface area contributed by atoms with Crippen molar-refractivity contribution in [1.29, 1.82) is 0 Å². The predicted molar refractivity (Wildman–Crippen MR) is 68.2 cm³/mol. The Morgan fingerprint density at radius 2 is 2.17 bits per heavy atom. The lowest BCUT2D eigenvalue weighted by atomic mass is 9.95. The van der Waals surface area contributed by atoms with Crippen LogP contribution in [0.4, 0.5) is 0 Å². The quantitative estimate of drug-likeness (QED) is 0.891. The van der Waals surface area contributed by atoms with Crippen molar-refractivity contribution in [3.8, 4) is 5.88 Å². The third-order valence-electron chi connectivity index (χ3n) is 3.05. The molecule has 0 atom stereocenters. The number of carbonyl (C=O) groups is 1. The number of aryl methyl sites for hydroxylation is 2. The van der Waals surface area contributed by atoms with Gasteiger partial charge in [0.1, 0.15) is 5.56 Å². The van der Waals surface area contributed by atoms with Crippen LogP contribution in [0.3, 0.4) is 0 Å². The minimum absolute atomic E-state index is 0.191. The molecule has 1 aromatic rings. The molecule has 0 fully saturated rings. The van der Waals surface area contributed by atoms with Crippen LogP contribution in [-0.2, 0) is 12.8 Å². The molecule has 1 aliphatic rings. The van der Waals surface area contributed by atoms with Gasteiger partial charge >= 0.3 is 5.97 Å². The summed E-state index contributed by atoms with van der Waals surface area (Å²) in [7, 11) is 0. The molecule has 98 valence electrons. The van der Waals surface area contributed by atoms with Crippen LogP contribution < -0.4 is 4.74 Å². The lowest BCUT2D eigenvalue weighted by molar-refractivity contribution is 0.0690. The first-order valence-electron chi connectivity index (χ1n) is 6.47. The smallest absolute Gasteiger partial charge is 0.341 e. The molecule has 0 aromatic carbocycles. The highest BCUT2D eigenvalue weighted by Gasteiger charge is 2.20. The van der Waals surface area contributed by atoms with Crippen molar-refractivity contribution in [3.05, 3.63) is 22.9 Å². The van der Waals surface area contributed by atoms with Gasteiger partial charge in [-0.15, -0.1) is 0 Å². The number of pyridine rings is 1. The highest BCUT2D eigenvalue weighted by molar-refractivity contribution is 5.90. The first-order chi connectivity index (χ1) is 8.58. The van der Waals surface area contributed by atoms with Crippen LogP contribution in [0.2, 0.25) is 0 Å². The van der Waals surface area contributed by atoms with E-state index in [4.69, 9.17) is 4.74 Å². The van der Waals surface area contributed by atoms with E-state index in [-0.39, 0.29) is 11.4 Å². The third kappa shape index (κ3) is 2.81. The summed E-state index contributed by atoms with van der Waals surface area (Å²) in [5.41, 5.74) is 2.26. The molecule has 2 rings (SSSR count). The van der Waals surface area contributed by atoms with Gasteiger partial charge in [-0.05, 0) is 43.2 Å². The van der Waals surface area contributed by atoms with Crippen LogP contribution in [0.5, 0.6) is 5.88 Å². The molecule has 0 amide bonds. The zero-order chi connectivity index (χ0) is 13.1. The maximum atomic E-state index is 11.2. The Morgan fingerprint density at radius 3 is 2.83 bits per heavy atom. The molecule has 4 heteroatoms. The van der Waals surface area contributed by atoms with E-state index in [1.54, 1.807) is 6.07 Å². The molecular formula is C14H19NO3. The zero-order valence-corrected chi connectivity index (χ0v) is 10.9. The van der Waals surface area contributed by atoms with E-state index in [0.29, 0.717) is 12.5 Å². The Morgan fingerprint density at radius 1 is 1.44 bits per heavy atom. The zero-order valence-electron chi connectivity index (χ0n) is 10.9. The van der Waals surface area contributed by atoms with Crippen molar-refractivity contribution in [3.63, 3.8) is 0 Å². The number of hydrogen-bond acceptors (Lipinski definition) is 3. The molecule has 1 aliphatic carbocycles. The monoisotopic (exact) mass is 249 g/mol.